The third kappa shape index (κ3) is 3.83. The Labute approximate surface area is 95.9 Å². The number of alkyl halides is 1. The summed E-state index contributed by atoms with van der Waals surface area (Å²) in [6.45, 7) is 4.37. The SMILES string of the molecule is Cc1ccc(CCCCCBr)c(C)c1. The van der Waals surface area contributed by atoms with Gasteiger partial charge in [0.05, 0.1) is 0 Å². The second-order valence-electron chi connectivity index (χ2n) is 3.93. The highest BCUT2D eigenvalue weighted by Crippen LogP contribution is 2.14. The van der Waals surface area contributed by atoms with Crippen LogP contribution in [0.25, 0.3) is 0 Å². The molecular formula is C13H19Br. The first kappa shape index (κ1) is 11.8. The number of benzene rings is 1. The lowest BCUT2D eigenvalue weighted by atomic mass is 10.0. The molecule has 78 valence electrons. The number of aryl methyl sites for hydroxylation is 3. The average molecular weight is 255 g/mol. The van der Waals surface area contributed by atoms with E-state index in [4.69, 9.17) is 0 Å². The molecule has 0 bridgehead atoms. The Morgan fingerprint density at radius 3 is 2.50 bits per heavy atom. The molecule has 0 nitrogen and oxygen atoms in total. The smallest absolute Gasteiger partial charge is 0.00313 e. The van der Waals surface area contributed by atoms with Gasteiger partial charge in [-0.3, -0.25) is 0 Å². The predicted molar refractivity (Wildman–Crippen MR) is 67.3 cm³/mol. The highest BCUT2D eigenvalue weighted by molar-refractivity contribution is 9.09. The van der Waals surface area contributed by atoms with Crippen molar-refractivity contribution in [3.05, 3.63) is 34.9 Å². The molecule has 0 amide bonds. The van der Waals surface area contributed by atoms with Gasteiger partial charge in [0.25, 0.3) is 0 Å². The molecule has 0 atom stereocenters. The number of rotatable bonds is 5. The van der Waals surface area contributed by atoms with Crippen molar-refractivity contribution in [2.75, 3.05) is 5.33 Å². The molecule has 14 heavy (non-hydrogen) atoms. The average Bonchev–Trinajstić information content (AvgIpc) is 2.15. The van der Waals surface area contributed by atoms with E-state index in [0.29, 0.717) is 0 Å². The molecule has 0 aromatic heterocycles. The molecule has 0 fully saturated rings. The van der Waals surface area contributed by atoms with E-state index in [0.717, 1.165) is 5.33 Å². The third-order valence-electron chi connectivity index (χ3n) is 2.58. The van der Waals surface area contributed by atoms with Gasteiger partial charge in [0.2, 0.25) is 0 Å². The summed E-state index contributed by atoms with van der Waals surface area (Å²) in [4.78, 5) is 0. The van der Waals surface area contributed by atoms with E-state index in [1.807, 2.05) is 0 Å². The van der Waals surface area contributed by atoms with Gasteiger partial charge in [0, 0.05) is 5.33 Å². The topological polar surface area (TPSA) is 0 Å². The summed E-state index contributed by atoms with van der Waals surface area (Å²) in [7, 11) is 0. The van der Waals surface area contributed by atoms with Crippen LogP contribution in [-0.2, 0) is 6.42 Å². The second kappa shape index (κ2) is 6.23. The lowest BCUT2D eigenvalue weighted by Crippen LogP contribution is -1.91. The number of halogens is 1. The largest absolute Gasteiger partial charge is 0.0928 e. The Morgan fingerprint density at radius 2 is 1.86 bits per heavy atom. The molecule has 0 heterocycles. The normalized spacial score (nSPS) is 10.5. The van der Waals surface area contributed by atoms with Crippen LogP contribution in [0.1, 0.15) is 36.0 Å². The first-order valence-electron chi connectivity index (χ1n) is 5.36. The van der Waals surface area contributed by atoms with E-state index in [9.17, 15) is 0 Å². The minimum absolute atomic E-state index is 1.14. The summed E-state index contributed by atoms with van der Waals surface area (Å²) in [5.41, 5.74) is 4.33. The van der Waals surface area contributed by atoms with Gasteiger partial charge in [-0.05, 0) is 44.2 Å². The van der Waals surface area contributed by atoms with Crippen molar-refractivity contribution in [3.8, 4) is 0 Å². The van der Waals surface area contributed by atoms with Gasteiger partial charge in [-0.15, -0.1) is 0 Å². The fourth-order valence-electron chi connectivity index (χ4n) is 1.71. The highest BCUT2D eigenvalue weighted by atomic mass is 79.9. The van der Waals surface area contributed by atoms with Crippen LogP contribution in [0.3, 0.4) is 0 Å². The first-order valence-corrected chi connectivity index (χ1v) is 6.48. The van der Waals surface area contributed by atoms with Gasteiger partial charge in [-0.25, -0.2) is 0 Å². The van der Waals surface area contributed by atoms with E-state index >= 15 is 0 Å². The Balaban J connectivity index is 2.42. The summed E-state index contributed by atoms with van der Waals surface area (Å²) < 4.78 is 0. The van der Waals surface area contributed by atoms with Gasteiger partial charge in [0.15, 0.2) is 0 Å². The molecule has 1 rings (SSSR count). The number of hydrogen-bond donors (Lipinski definition) is 0. The van der Waals surface area contributed by atoms with Crippen LogP contribution in [0.15, 0.2) is 18.2 Å². The first-order chi connectivity index (χ1) is 6.74. The zero-order valence-corrected chi connectivity index (χ0v) is 10.7. The van der Waals surface area contributed by atoms with Crippen LogP contribution < -0.4 is 0 Å². The molecule has 0 unspecified atom stereocenters. The molecule has 1 aromatic carbocycles. The molecule has 0 spiro atoms. The minimum Gasteiger partial charge on any atom is -0.0928 e. The Bertz CT molecular complexity index is 279. The maximum atomic E-state index is 3.46. The van der Waals surface area contributed by atoms with Crippen LogP contribution in [-0.4, -0.2) is 5.33 Å². The van der Waals surface area contributed by atoms with Crippen LogP contribution in [0.2, 0.25) is 0 Å². The van der Waals surface area contributed by atoms with Gasteiger partial charge in [-0.1, -0.05) is 46.1 Å². The van der Waals surface area contributed by atoms with Gasteiger partial charge in [-0.2, -0.15) is 0 Å². The molecule has 0 aliphatic rings. The molecular weight excluding hydrogens is 236 g/mol. The molecule has 0 aliphatic heterocycles. The van der Waals surface area contributed by atoms with Crippen molar-refractivity contribution in [1.82, 2.24) is 0 Å². The number of hydrogen-bond acceptors (Lipinski definition) is 0. The summed E-state index contributed by atoms with van der Waals surface area (Å²) in [5.74, 6) is 0. The minimum atomic E-state index is 1.14. The molecule has 0 saturated heterocycles. The predicted octanol–water partition coefficient (Wildman–Crippen LogP) is 4.41. The molecule has 0 N–H and O–H groups in total. The van der Waals surface area contributed by atoms with Crippen LogP contribution in [0, 0.1) is 13.8 Å². The van der Waals surface area contributed by atoms with E-state index < -0.39 is 0 Å². The van der Waals surface area contributed by atoms with Gasteiger partial charge >= 0.3 is 0 Å². The second-order valence-corrected chi connectivity index (χ2v) is 4.72. The van der Waals surface area contributed by atoms with Crippen LogP contribution >= 0.6 is 15.9 Å². The lowest BCUT2D eigenvalue weighted by molar-refractivity contribution is 0.722. The zero-order valence-electron chi connectivity index (χ0n) is 9.15. The Kier molecular flexibility index (Phi) is 5.24. The molecule has 0 saturated carbocycles. The van der Waals surface area contributed by atoms with E-state index in [1.54, 1.807) is 0 Å². The zero-order chi connectivity index (χ0) is 10.4. The summed E-state index contributed by atoms with van der Waals surface area (Å²) in [6, 6.07) is 6.77. The van der Waals surface area contributed by atoms with E-state index in [1.165, 1.54) is 42.4 Å². The van der Waals surface area contributed by atoms with Crippen molar-refractivity contribution in [2.45, 2.75) is 39.5 Å². The molecule has 1 heteroatoms. The maximum Gasteiger partial charge on any atom is 0.00313 e. The summed E-state index contributed by atoms with van der Waals surface area (Å²) in [6.07, 6.45) is 5.18. The summed E-state index contributed by atoms with van der Waals surface area (Å²) >= 11 is 3.46. The quantitative estimate of drug-likeness (QED) is 0.540. The summed E-state index contributed by atoms with van der Waals surface area (Å²) in [5, 5.41) is 1.14. The number of unbranched alkanes of at least 4 members (excludes halogenated alkanes) is 2. The van der Waals surface area contributed by atoms with Crippen LogP contribution in [0.4, 0.5) is 0 Å². The maximum absolute atomic E-state index is 3.46. The molecule has 0 aliphatic carbocycles. The van der Waals surface area contributed by atoms with E-state index in [2.05, 4.69) is 48.0 Å². The van der Waals surface area contributed by atoms with Crippen LogP contribution in [0.5, 0.6) is 0 Å². The highest BCUT2D eigenvalue weighted by Gasteiger charge is 1.98. The van der Waals surface area contributed by atoms with Crippen molar-refractivity contribution < 1.29 is 0 Å². The molecule has 1 aromatic rings. The van der Waals surface area contributed by atoms with Crippen molar-refractivity contribution in [2.24, 2.45) is 0 Å². The van der Waals surface area contributed by atoms with Crippen molar-refractivity contribution in [1.29, 1.82) is 0 Å². The lowest BCUT2D eigenvalue weighted by Gasteiger charge is -2.06. The molecule has 0 radical (unpaired) electrons. The Hall–Kier alpha value is -0.300. The fraction of sp³-hybridized carbons (Fsp3) is 0.538. The van der Waals surface area contributed by atoms with Gasteiger partial charge < -0.3 is 0 Å². The van der Waals surface area contributed by atoms with E-state index in [-0.39, 0.29) is 0 Å². The standard InChI is InChI=1S/C13H19Br/c1-11-7-8-13(12(2)10-11)6-4-3-5-9-14/h7-8,10H,3-6,9H2,1-2H3. The van der Waals surface area contributed by atoms with Gasteiger partial charge in [0.1, 0.15) is 0 Å². The van der Waals surface area contributed by atoms with Crippen molar-refractivity contribution >= 4 is 15.9 Å². The monoisotopic (exact) mass is 254 g/mol. The Morgan fingerprint density at radius 1 is 1.07 bits per heavy atom. The third-order valence-corrected chi connectivity index (χ3v) is 3.14. The van der Waals surface area contributed by atoms with Crippen molar-refractivity contribution in [3.63, 3.8) is 0 Å². The fourth-order valence-corrected chi connectivity index (χ4v) is 2.11.